The van der Waals surface area contributed by atoms with Gasteiger partial charge in [-0.05, 0) is 29.7 Å². The molecule has 18 heavy (non-hydrogen) atoms. The predicted molar refractivity (Wildman–Crippen MR) is 63.1 cm³/mol. The van der Waals surface area contributed by atoms with E-state index in [2.05, 4.69) is 9.68 Å². The van der Waals surface area contributed by atoms with Gasteiger partial charge in [-0.3, -0.25) is 4.79 Å². The standard InChI is InChI=1S/C13H12N2O3/c16-11-2-1-9-3-5-15(8-10(9)7-11)13(17)12-4-6-18-14-12/h1-2,4,6-7,16H,3,5,8H2. The number of benzene rings is 1. The average Bonchev–Trinajstić information content (AvgIpc) is 2.90. The fourth-order valence-electron chi connectivity index (χ4n) is 2.20. The van der Waals surface area contributed by atoms with Gasteiger partial charge in [0.15, 0.2) is 5.69 Å². The van der Waals surface area contributed by atoms with Gasteiger partial charge in [0.05, 0.1) is 0 Å². The summed E-state index contributed by atoms with van der Waals surface area (Å²) in [6.45, 7) is 1.15. The first-order valence-electron chi connectivity index (χ1n) is 5.74. The Morgan fingerprint density at radius 1 is 1.33 bits per heavy atom. The van der Waals surface area contributed by atoms with Crippen molar-refractivity contribution in [3.05, 3.63) is 47.3 Å². The molecule has 5 nitrogen and oxygen atoms in total. The minimum Gasteiger partial charge on any atom is -0.508 e. The molecule has 1 N–H and O–H groups in total. The molecule has 0 spiro atoms. The number of fused-ring (bicyclic) bond motifs is 1. The maximum atomic E-state index is 12.1. The molecule has 3 rings (SSSR count). The number of carbonyl (C=O) groups excluding carboxylic acids is 1. The lowest BCUT2D eigenvalue weighted by Crippen LogP contribution is -2.36. The molecule has 0 saturated heterocycles. The Balaban J connectivity index is 1.84. The van der Waals surface area contributed by atoms with Crippen LogP contribution in [-0.4, -0.2) is 27.6 Å². The molecule has 5 heteroatoms. The second-order valence-electron chi connectivity index (χ2n) is 4.31. The van der Waals surface area contributed by atoms with Crippen LogP contribution in [0.1, 0.15) is 21.6 Å². The van der Waals surface area contributed by atoms with Gasteiger partial charge in [0, 0.05) is 19.2 Å². The van der Waals surface area contributed by atoms with Crippen LogP contribution < -0.4 is 0 Å². The van der Waals surface area contributed by atoms with Crippen molar-refractivity contribution in [2.75, 3.05) is 6.54 Å². The summed E-state index contributed by atoms with van der Waals surface area (Å²) < 4.78 is 4.68. The van der Waals surface area contributed by atoms with Crippen LogP contribution in [0.15, 0.2) is 35.1 Å². The first-order valence-corrected chi connectivity index (χ1v) is 5.74. The summed E-state index contributed by atoms with van der Waals surface area (Å²) in [4.78, 5) is 13.8. The molecule has 2 aromatic rings. The van der Waals surface area contributed by atoms with Crippen LogP contribution in [-0.2, 0) is 13.0 Å². The van der Waals surface area contributed by atoms with Crippen LogP contribution in [0.25, 0.3) is 0 Å². The van der Waals surface area contributed by atoms with E-state index in [-0.39, 0.29) is 11.7 Å². The van der Waals surface area contributed by atoms with Crippen molar-refractivity contribution in [1.29, 1.82) is 0 Å². The summed E-state index contributed by atoms with van der Waals surface area (Å²) in [5, 5.41) is 13.1. The highest BCUT2D eigenvalue weighted by Gasteiger charge is 2.23. The lowest BCUT2D eigenvalue weighted by molar-refractivity contribution is 0.0724. The Bertz CT molecular complexity index is 578. The maximum Gasteiger partial charge on any atom is 0.276 e. The van der Waals surface area contributed by atoms with Gasteiger partial charge in [0.25, 0.3) is 5.91 Å². The number of aromatic hydroxyl groups is 1. The molecule has 0 radical (unpaired) electrons. The van der Waals surface area contributed by atoms with Crippen molar-refractivity contribution in [1.82, 2.24) is 10.1 Å². The third kappa shape index (κ3) is 1.84. The van der Waals surface area contributed by atoms with Crippen LogP contribution in [0, 0.1) is 0 Å². The molecular formula is C13H12N2O3. The maximum absolute atomic E-state index is 12.1. The molecule has 1 aliphatic heterocycles. The monoisotopic (exact) mass is 244 g/mol. The molecule has 0 saturated carbocycles. The lowest BCUT2D eigenvalue weighted by Gasteiger charge is -2.28. The lowest BCUT2D eigenvalue weighted by atomic mass is 9.99. The number of aromatic nitrogens is 1. The van der Waals surface area contributed by atoms with Crippen molar-refractivity contribution in [3.63, 3.8) is 0 Å². The fourth-order valence-corrected chi connectivity index (χ4v) is 2.20. The molecule has 2 heterocycles. The van der Waals surface area contributed by atoms with Crippen LogP contribution in [0.4, 0.5) is 0 Å². The smallest absolute Gasteiger partial charge is 0.276 e. The Morgan fingerprint density at radius 2 is 2.22 bits per heavy atom. The quantitative estimate of drug-likeness (QED) is 0.827. The van der Waals surface area contributed by atoms with E-state index >= 15 is 0 Å². The highest BCUT2D eigenvalue weighted by atomic mass is 16.5. The molecule has 0 unspecified atom stereocenters. The summed E-state index contributed by atoms with van der Waals surface area (Å²) in [5.74, 6) is 0.0854. The van der Waals surface area contributed by atoms with E-state index in [4.69, 9.17) is 0 Å². The first kappa shape index (κ1) is 10.8. The Hall–Kier alpha value is -2.30. The van der Waals surface area contributed by atoms with E-state index in [9.17, 15) is 9.90 Å². The number of hydrogen-bond acceptors (Lipinski definition) is 4. The third-order valence-electron chi connectivity index (χ3n) is 3.15. The van der Waals surface area contributed by atoms with Crippen molar-refractivity contribution in [2.24, 2.45) is 0 Å². The fraction of sp³-hybridized carbons (Fsp3) is 0.231. The summed E-state index contributed by atoms with van der Waals surface area (Å²) >= 11 is 0. The Kier molecular flexibility index (Phi) is 2.51. The van der Waals surface area contributed by atoms with E-state index in [1.165, 1.54) is 11.8 Å². The van der Waals surface area contributed by atoms with Crippen molar-refractivity contribution < 1.29 is 14.4 Å². The van der Waals surface area contributed by atoms with Gasteiger partial charge < -0.3 is 14.5 Å². The molecule has 92 valence electrons. The highest BCUT2D eigenvalue weighted by Crippen LogP contribution is 2.23. The largest absolute Gasteiger partial charge is 0.508 e. The van der Waals surface area contributed by atoms with E-state index in [0.717, 1.165) is 12.0 Å². The van der Waals surface area contributed by atoms with Gasteiger partial charge >= 0.3 is 0 Å². The molecule has 0 aliphatic carbocycles. The van der Waals surface area contributed by atoms with Crippen molar-refractivity contribution in [3.8, 4) is 5.75 Å². The number of carbonyl (C=O) groups is 1. The van der Waals surface area contributed by atoms with E-state index < -0.39 is 0 Å². The SMILES string of the molecule is O=C(c1ccon1)N1CCc2ccc(O)cc2C1. The summed E-state index contributed by atoms with van der Waals surface area (Å²) in [5.41, 5.74) is 2.48. The zero-order valence-electron chi connectivity index (χ0n) is 9.67. The van der Waals surface area contributed by atoms with E-state index in [1.807, 2.05) is 6.07 Å². The molecule has 0 fully saturated rings. The third-order valence-corrected chi connectivity index (χ3v) is 3.15. The number of hydrogen-bond donors (Lipinski definition) is 1. The van der Waals surface area contributed by atoms with Crippen LogP contribution in [0.2, 0.25) is 0 Å². The molecule has 0 atom stereocenters. The van der Waals surface area contributed by atoms with Gasteiger partial charge in [-0.1, -0.05) is 11.2 Å². The topological polar surface area (TPSA) is 66.6 Å². The van der Waals surface area contributed by atoms with Gasteiger partial charge in [0.2, 0.25) is 0 Å². The second-order valence-corrected chi connectivity index (χ2v) is 4.31. The van der Waals surface area contributed by atoms with E-state index in [1.54, 1.807) is 23.1 Å². The van der Waals surface area contributed by atoms with Crippen LogP contribution in [0.5, 0.6) is 5.75 Å². The molecule has 1 aromatic carbocycles. The molecule has 1 amide bonds. The molecule has 1 aromatic heterocycles. The van der Waals surface area contributed by atoms with Gasteiger partial charge in [-0.25, -0.2) is 0 Å². The zero-order valence-corrected chi connectivity index (χ0v) is 9.67. The number of amides is 1. The molecule has 0 bridgehead atoms. The number of phenols is 1. The Morgan fingerprint density at radius 3 is 3.00 bits per heavy atom. The predicted octanol–water partition coefficient (Wildman–Crippen LogP) is 1.58. The second kappa shape index (κ2) is 4.18. The van der Waals surface area contributed by atoms with Crippen LogP contribution in [0.3, 0.4) is 0 Å². The molecular weight excluding hydrogens is 232 g/mol. The highest BCUT2D eigenvalue weighted by molar-refractivity contribution is 5.92. The Labute approximate surface area is 104 Å². The van der Waals surface area contributed by atoms with Crippen LogP contribution >= 0.6 is 0 Å². The minimum atomic E-state index is -0.141. The zero-order chi connectivity index (χ0) is 12.5. The van der Waals surface area contributed by atoms with Gasteiger partial charge in [0.1, 0.15) is 12.0 Å². The summed E-state index contributed by atoms with van der Waals surface area (Å²) in [6, 6.07) is 6.84. The first-order chi connectivity index (χ1) is 8.74. The van der Waals surface area contributed by atoms with E-state index in [0.29, 0.717) is 18.8 Å². The number of nitrogens with zero attached hydrogens (tertiary/aromatic N) is 2. The normalized spacial score (nSPS) is 14.3. The van der Waals surface area contributed by atoms with Crippen molar-refractivity contribution >= 4 is 5.91 Å². The minimum absolute atomic E-state index is 0.141. The number of rotatable bonds is 1. The van der Waals surface area contributed by atoms with Gasteiger partial charge in [-0.2, -0.15) is 0 Å². The number of phenolic OH excluding ortho intramolecular Hbond substituents is 1. The summed E-state index contributed by atoms with van der Waals surface area (Å²) in [7, 11) is 0. The molecule has 1 aliphatic rings. The van der Waals surface area contributed by atoms with Crippen molar-refractivity contribution in [2.45, 2.75) is 13.0 Å². The van der Waals surface area contributed by atoms with Gasteiger partial charge in [-0.15, -0.1) is 0 Å². The summed E-state index contributed by atoms with van der Waals surface area (Å²) in [6.07, 6.45) is 2.18. The average molecular weight is 244 g/mol.